The van der Waals surface area contributed by atoms with Gasteiger partial charge < -0.3 is 35.6 Å². The number of aliphatic hydroxyl groups is 1. The Labute approximate surface area is 223 Å². The van der Waals surface area contributed by atoms with E-state index >= 15 is 0 Å². The predicted molar refractivity (Wildman–Crippen MR) is 133 cm³/mol. The summed E-state index contributed by atoms with van der Waals surface area (Å²) < 4.78 is 9.77. The van der Waals surface area contributed by atoms with Crippen LogP contribution in [0, 0.1) is 23.7 Å². The molecule has 39 heavy (non-hydrogen) atoms. The predicted octanol–water partition coefficient (Wildman–Crippen LogP) is -0.734. The topological polar surface area (TPSA) is 203 Å². The van der Waals surface area contributed by atoms with Gasteiger partial charge in [-0.05, 0) is 30.4 Å². The number of ketones is 4. The van der Waals surface area contributed by atoms with Gasteiger partial charge in [0, 0.05) is 51.3 Å². The average Bonchev–Trinajstić information content (AvgIpc) is 2.85. The first kappa shape index (κ1) is 28.2. The second-order valence-electron chi connectivity index (χ2n) is 10.4. The Morgan fingerprint density at radius 2 is 1.85 bits per heavy atom. The second-order valence-corrected chi connectivity index (χ2v) is 10.4. The van der Waals surface area contributed by atoms with E-state index in [1.165, 1.54) is 7.11 Å². The van der Waals surface area contributed by atoms with Gasteiger partial charge in [-0.2, -0.15) is 0 Å². The van der Waals surface area contributed by atoms with E-state index in [-0.39, 0.29) is 43.7 Å². The van der Waals surface area contributed by atoms with Crippen molar-refractivity contribution in [3.05, 3.63) is 22.8 Å². The van der Waals surface area contributed by atoms with Crippen molar-refractivity contribution >= 4 is 40.8 Å². The number of phenolic OH excluding ortho intramolecular Hbond substituents is 1. The van der Waals surface area contributed by atoms with Gasteiger partial charge in [0.25, 0.3) is 0 Å². The van der Waals surface area contributed by atoms with Gasteiger partial charge in [-0.1, -0.05) is 0 Å². The number of fused-ring (bicyclic) bond motifs is 3. The normalized spacial score (nSPS) is 27.8. The second kappa shape index (κ2) is 10.4. The van der Waals surface area contributed by atoms with Crippen molar-refractivity contribution in [2.75, 3.05) is 39.3 Å². The minimum atomic E-state index is -2.72. The third-order valence-electron chi connectivity index (χ3n) is 7.88. The molecule has 2 fully saturated rings. The summed E-state index contributed by atoms with van der Waals surface area (Å²) in [7, 11) is 4.91. The minimum Gasteiger partial charge on any atom is -0.507 e. The van der Waals surface area contributed by atoms with E-state index in [2.05, 4.69) is 5.32 Å². The fourth-order valence-electron chi connectivity index (χ4n) is 6.04. The van der Waals surface area contributed by atoms with E-state index in [0.29, 0.717) is 11.3 Å². The van der Waals surface area contributed by atoms with E-state index in [4.69, 9.17) is 15.2 Å². The molecule has 4 rings (SSSR count). The summed E-state index contributed by atoms with van der Waals surface area (Å²) in [5.74, 6) is -10.9. The summed E-state index contributed by atoms with van der Waals surface area (Å²) >= 11 is 0. The summed E-state index contributed by atoms with van der Waals surface area (Å²) in [4.78, 5) is 78.5. The molecular formula is C26H31N3O10. The molecule has 0 bridgehead atoms. The molecule has 1 aromatic carbocycles. The smallest absolute Gasteiger partial charge is 0.407 e. The fourth-order valence-corrected chi connectivity index (χ4v) is 6.04. The monoisotopic (exact) mass is 545 g/mol. The van der Waals surface area contributed by atoms with Crippen molar-refractivity contribution in [3.63, 3.8) is 0 Å². The highest BCUT2D eigenvalue weighted by Gasteiger charge is 2.66. The first-order chi connectivity index (χ1) is 18.3. The van der Waals surface area contributed by atoms with Crippen LogP contribution in [-0.4, -0.2) is 85.4 Å². The van der Waals surface area contributed by atoms with Gasteiger partial charge in [-0.3, -0.25) is 24.0 Å². The van der Waals surface area contributed by atoms with Crippen LogP contribution in [0.25, 0.3) is 0 Å². The van der Waals surface area contributed by atoms with Gasteiger partial charge in [-0.25, -0.2) is 4.79 Å². The molecule has 0 spiro atoms. The van der Waals surface area contributed by atoms with Gasteiger partial charge in [0.05, 0.1) is 18.1 Å². The number of amides is 2. The lowest BCUT2D eigenvalue weighted by Crippen LogP contribution is -2.68. The van der Waals surface area contributed by atoms with Crippen LogP contribution in [-0.2, 0) is 41.6 Å². The van der Waals surface area contributed by atoms with Crippen LogP contribution in [0.5, 0.6) is 5.75 Å². The van der Waals surface area contributed by atoms with Gasteiger partial charge in [-0.15, -0.1) is 0 Å². The number of nitrogens with two attached hydrogens (primary N) is 1. The molecule has 2 unspecified atom stereocenters. The molecular weight excluding hydrogens is 514 g/mol. The SMILES string of the molecule is COCCOC(=O)NCc1cc(N(C)C)c2c(c1O)C(=O)C1C(=O)[C@]3(O)C(=O)C(C(N)=O)C(=O)C[C@@H]3C[C@@H]1C2. The number of hydrogen-bond acceptors (Lipinski definition) is 11. The number of nitrogens with zero attached hydrogens (tertiary/aromatic N) is 1. The number of methoxy groups -OCH3 is 1. The molecule has 2 amide bonds. The van der Waals surface area contributed by atoms with Crippen LogP contribution in [0.3, 0.4) is 0 Å². The quantitative estimate of drug-likeness (QED) is 0.248. The van der Waals surface area contributed by atoms with Gasteiger partial charge in [0.15, 0.2) is 34.7 Å². The third kappa shape index (κ3) is 4.55. The molecule has 1 aromatic rings. The highest BCUT2D eigenvalue weighted by molar-refractivity contribution is 6.31. The van der Waals surface area contributed by atoms with Crippen molar-refractivity contribution in [3.8, 4) is 5.75 Å². The Morgan fingerprint density at radius 1 is 1.15 bits per heavy atom. The zero-order chi connectivity index (χ0) is 28.8. The first-order valence-corrected chi connectivity index (χ1v) is 12.5. The number of nitrogens with one attached hydrogen (secondary N) is 1. The summed E-state index contributed by atoms with van der Waals surface area (Å²) in [6.45, 7) is 0.00136. The number of primary amides is 1. The van der Waals surface area contributed by atoms with E-state index in [1.54, 1.807) is 25.1 Å². The maximum Gasteiger partial charge on any atom is 0.407 e. The van der Waals surface area contributed by atoms with Gasteiger partial charge in [0.1, 0.15) is 12.4 Å². The van der Waals surface area contributed by atoms with Gasteiger partial charge >= 0.3 is 6.09 Å². The molecule has 5 atom stereocenters. The summed E-state index contributed by atoms with van der Waals surface area (Å²) in [5.41, 5.74) is 3.57. The number of carbonyl (C=O) groups excluding carboxylic acids is 6. The minimum absolute atomic E-state index is 0.00526. The number of aromatic hydroxyl groups is 1. The molecule has 0 aliphatic heterocycles. The molecule has 3 aliphatic carbocycles. The average molecular weight is 546 g/mol. The Morgan fingerprint density at radius 3 is 2.46 bits per heavy atom. The lowest BCUT2D eigenvalue weighted by molar-refractivity contribution is -0.175. The van der Waals surface area contributed by atoms with Crippen molar-refractivity contribution in [2.45, 2.75) is 31.4 Å². The lowest BCUT2D eigenvalue weighted by atomic mass is 9.53. The Kier molecular flexibility index (Phi) is 7.50. The van der Waals surface area contributed by atoms with Crippen molar-refractivity contribution in [1.82, 2.24) is 5.32 Å². The van der Waals surface area contributed by atoms with Crippen molar-refractivity contribution < 1.29 is 48.5 Å². The molecule has 13 nitrogen and oxygen atoms in total. The Hall–Kier alpha value is -3.84. The van der Waals surface area contributed by atoms with E-state index in [1.807, 2.05) is 0 Å². The highest BCUT2D eigenvalue weighted by atomic mass is 16.6. The van der Waals surface area contributed by atoms with Crippen molar-refractivity contribution in [1.29, 1.82) is 0 Å². The standard InChI is InChI=1S/C26H31N3O10/c1-29(2)15-8-12(10-28-25(36)39-5-4-38-3)20(31)18-14(15)7-11-6-13-9-16(30)19(24(27)35)23(34)26(13,37)22(33)17(11)21(18)32/h8,11,13,17,19,31,37H,4-7,9-10H2,1-3H3,(H2,27,35)(H,28,36)/t11-,13+,17?,19?,26+/m1/s1. The van der Waals surface area contributed by atoms with Crippen LogP contribution in [0.1, 0.15) is 34.3 Å². The van der Waals surface area contributed by atoms with E-state index in [9.17, 15) is 39.0 Å². The number of alkyl carbamates (subject to hydrolysis) is 1. The molecule has 2 saturated carbocycles. The van der Waals surface area contributed by atoms with Crippen LogP contribution >= 0.6 is 0 Å². The first-order valence-electron chi connectivity index (χ1n) is 12.5. The van der Waals surface area contributed by atoms with Crippen LogP contribution < -0.4 is 16.0 Å². The lowest BCUT2D eigenvalue weighted by Gasteiger charge is -2.48. The molecule has 210 valence electrons. The number of rotatable bonds is 7. The zero-order valence-corrected chi connectivity index (χ0v) is 21.8. The molecule has 0 aromatic heterocycles. The van der Waals surface area contributed by atoms with Crippen molar-refractivity contribution in [2.24, 2.45) is 29.4 Å². The molecule has 0 heterocycles. The zero-order valence-electron chi connectivity index (χ0n) is 21.8. The van der Waals surface area contributed by atoms with E-state index in [0.717, 1.165) is 0 Å². The third-order valence-corrected chi connectivity index (χ3v) is 7.88. The van der Waals surface area contributed by atoms with Crippen LogP contribution in [0.4, 0.5) is 10.5 Å². The Balaban J connectivity index is 1.71. The maximum absolute atomic E-state index is 13.8. The number of anilines is 1. The fraction of sp³-hybridized carbons (Fsp3) is 0.538. The van der Waals surface area contributed by atoms with Gasteiger partial charge in [0.2, 0.25) is 5.91 Å². The molecule has 3 aliphatic rings. The van der Waals surface area contributed by atoms with Crippen LogP contribution in [0.2, 0.25) is 0 Å². The molecule has 0 saturated heterocycles. The Bertz CT molecular complexity index is 1270. The largest absolute Gasteiger partial charge is 0.507 e. The molecule has 13 heteroatoms. The molecule has 5 N–H and O–H groups in total. The molecule has 0 radical (unpaired) electrons. The summed E-state index contributed by atoms with van der Waals surface area (Å²) in [6.07, 6.45) is -1.01. The number of phenols is 1. The summed E-state index contributed by atoms with van der Waals surface area (Å²) in [5, 5.41) is 24.9. The number of carbonyl (C=O) groups is 6. The number of hydrogen-bond donors (Lipinski definition) is 4. The highest BCUT2D eigenvalue weighted by Crippen LogP contribution is 2.51. The number of benzene rings is 1. The van der Waals surface area contributed by atoms with E-state index < -0.39 is 76.6 Å². The maximum atomic E-state index is 13.8. The number of Topliss-reactive ketones (excluding diaryl/α,β-unsaturated/α-hetero) is 4. The number of ether oxygens (including phenoxy) is 2. The summed E-state index contributed by atoms with van der Waals surface area (Å²) in [6, 6.07) is 1.61. The van der Waals surface area contributed by atoms with Crippen LogP contribution in [0.15, 0.2) is 6.07 Å².